The second-order valence-electron chi connectivity index (χ2n) is 2.26. The van der Waals surface area contributed by atoms with Crippen molar-refractivity contribution in [2.45, 2.75) is 0 Å². The second kappa shape index (κ2) is 2.27. The average Bonchev–Trinajstić information content (AvgIpc) is 2.47. The minimum absolute atomic E-state index is 0.995. The van der Waals surface area contributed by atoms with Crippen LogP contribution >= 0.6 is 0 Å². The SMILES string of the molecule is COn1ccc2ccncc21. The molecule has 3 nitrogen and oxygen atoms in total. The van der Waals surface area contributed by atoms with Crippen molar-refractivity contribution in [1.29, 1.82) is 0 Å². The smallest absolute Gasteiger partial charge is 0.105 e. The highest BCUT2D eigenvalue weighted by Gasteiger charge is 1.97. The van der Waals surface area contributed by atoms with Gasteiger partial charge in [-0.3, -0.25) is 4.98 Å². The molecular weight excluding hydrogens is 140 g/mol. The Bertz CT molecular complexity index is 367. The molecule has 0 saturated carbocycles. The molecule has 0 unspecified atom stereocenters. The number of aromatic nitrogens is 2. The molecule has 0 aliphatic rings. The number of nitrogens with zero attached hydrogens (tertiary/aromatic N) is 2. The van der Waals surface area contributed by atoms with Crippen LogP contribution in [0.3, 0.4) is 0 Å². The van der Waals surface area contributed by atoms with Crippen molar-refractivity contribution >= 4 is 10.9 Å². The van der Waals surface area contributed by atoms with E-state index in [1.54, 1.807) is 24.2 Å². The van der Waals surface area contributed by atoms with Crippen molar-refractivity contribution in [3.63, 3.8) is 0 Å². The first-order valence-corrected chi connectivity index (χ1v) is 3.37. The molecule has 2 heterocycles. The van der Waals surface area contributed by atoms with Crippen molar-refractivity contribution in [3.05, 3.63) is 30.7 Å². The molecular formula is C8H8N2O. The number of hydrogen-bond donors (Lipinski definition) is 0. The van der Waals surface area contributed by atoms with E-state index in [9.17, 15) is 0 Å². The van der Waals surface area contributed by atoms with Crippen LogP contribution in [0.2, 0.25) is 0 Å². The summed E-state index contributed by atoms with van der Waals surface area (Å²) in [6.07, 6.45) is 5.41. The van der Waals surface area contributed by atoms with Gasteiger partial charge in [0.15, 0.2) is 0 Å². The van der Waals surface area contributed by atoms with Crippen LogP contribution < -0.4 is 4.84 Å². The zero-order chi connectivity index (χ0) is 7.68. The molecule has 11 heavy (non-hydrogen) atoms. The lowest BCUT2D eigenvalue weighted by Crippen LogP contribution is -2.02. The maximum atomic E-state index is 5.04. The van der Waals surface area contributed by atoms with E-state index < -0.39 is 0 Å². The van der Waals surface area contributed by atoms with Gasteiger partial charge < -0.3 is 4.84 Å². The topological polar surface area (TPSA) is 27.1 Å². The standard InChI is InChI=1S/C8H8N2O/c1-11-10-5-3-7-2-4-9-6-8(7)10/h2-6H,1H3. The molecule has 0 aromatic carbocycles. The molecule has 0 fully saturated rings. The Labute approximate surface area is 64.2 Å². The predicted octanol–water partition coefficient (Wildman–Crippen LogP) is 1.09. The quantitative estimate of drug-likeness (QED) is 0.605. The van der Waals surface area contributed by atoms with Crippen LogP contribution in [0.15, 0.2) is 30.7 Å². The van der Waals surface area contributed by atoms with E-state index >= 15 is 0 Å². The Morgan fingerprint density at radius 3 is 3.18 bits per heavy atom. The van der Waals surface area contributed by atoms with Gasteiger partial charge in [-0.2, -0.15) is 4.73 Å². The summed E-state index contributed by atoms with van der Waals surface area (Å²) in [7, 11) is 1.63. The molecule has 3 heteroatoms. The van der Waals surface area contributed by atoms with E-state index in [4.69, 9.17) is 4.84 Å². The van der Waals surface area contributed by atoms with Gasteiger partial charge in [-0.1, -0.05) is 0 Å². The van der Waals surface area contributed by atoms with E-state index in [1.165, 1.54) is 0 Å². The Morgan fingerprint density at radius 1 is 1.45 bits per heavy atom. The second-order valence-corrected chi connectivity index (χ2v) is 2.26. The summed E-state index contributed by atoms with van der Waals surface area (Å²) in [6, 6.07) is 3.94. The lowest BCUT2D eigenvalue weighted by Gasteiger charge is -1.99. The van der Waals surface area contributed by atoms with Gasteiger partial charge in [0.1, 0.15) is 12.6 Å². The minimum atomic E-state index is 0.995. The van der Waals surface area contributed by atoms with Crippen molar-refractivity contribution in [2.24, 2.45) is 0 Å². The summed E-state index contributed by atoms with van der Waals surface area (Å²) in [6.45, 7) is 0. The van der Waals surface area contributed by atoms with E-state index in [0.29, 0.717) is 0 Å². The summed E-state index contributed by atoms with van der Waals surface area (Å²) in [5.74, 6) is 0. The summed E-state index contributed by atoms with van der Waals surface area (Å²) in [5, 5.41) is 1.14. The largest absolute Gasteiger partial charge is 0.417 e. The van der Waals surface area contributed by atoms with E-state index in [0.717, 1.165) is 10.9 Å². The maximum Gasteiger partial charge on any atom is 0.105 e. The Balaban J connectivity index is 2.76. The third kappa shape index (κ3) is 0.852. The lowest BCUT2D eigenvalue weighted by molar-refractivity contribution is 0.179. The Morgan fingerprint density at radius 2 is 2.36 bits per heavy atom. The lowest BCUT2D eigenvalue weighted by atomic mass is 10.3. The van der Waals surface area contributed by atoms with Crippen LogP contribution in [0.5, 0.6) is 0 Å². The van der Waals surface area contributed by atoms with Gasteiger partial charge >= 0.3 is 0 Å². The fourth-order valence-corrected chi connectivity index (χ4v) is 1.11. The molecule has 0 saturated heterocycles. The zero-order valence-electron chi connectivity index (χ0n) is 6.19. The molecule has 0 aliphatic carbocycles. The fourth-order valence-electron chi connectivity index (χ4n) is 1.11. The highest BCUT2D eigenvalue weighted by Crippen LogP contribution is 2.11. The van der Waals surface area contributed by atoms with Gasteiger partial charge in [0.25, 0.3) is 0 Å². The molecule has 0 aliphatic heterocycles. The van der Waals surface area contributed by atoms with Crippen LogP contribution in [0, 0.1) is 0 Å². The highest BCUT2D eigenvalue weighted by molar-refractivity contribution is 5.78. The molecule has 2 aromatic heterocycles. The third-order valence-corrected chi connectivity index (χ3v) is 1.66. The van der Waals surface area contributed by atoms with Crippen LogP contribution in [-0.4, -0.2) is 16.8 Å². The third-order valence-electron chi connectivity index (χ3n) is 1.66. The average molecular weight is 148 g/mol. The number of rotatable bonds is 1. The van der Waals surface area contributed by atoms with Gasteiger partial charge in [-0.15, -0.1) is 0 Å². The van der Waals surface area contributed by atoms with Crippen molar-refractivity contribution < 1.29 is 4.84 Å². The molecule has 56 valence electrons. The van der Waals surface area contributed by atoms with Crippen LogP contribution in [0.25, 0.3) is 10.9 Å². The predicted molar refractivity (Wildman–Crippen MR) is 42.2 cm³/mol. The molecule has 2 rings (SSSR count). The fraction of sp³-hybridized carbons (Fsp3) is 0.125. The van der Waals surface area contributed by atoms with E-state index in [2.05, 4.69) is 4.98 Å². The van der Waals surface area contributed by atoms with Crippen LogP contribution in [0.1, 0.15) is 0 Å². The molecule has 0 atom stereocenters. The summed E-state index contributed by atoms with van der Waals surface area (Å²) < 4.78 is 1.68. The number of fused-ring (bicyclic) bond motifs is 1. The maximum absolute atomic E-state index is 5.04. The molecule has 0 spiro atoms. The normalized spacial score (nSPS) is 10.3. The Kier molecular flexibility index (Phi) is 1.28. The van der Waals surface area contributed by atoms with E-state index in [1.807, 2.05) is 18.3 Å². The highest BCUT2D eigenvalue weighted by atomic mass is 16.6. The molecule has 0 amide bonds. The molecule has 0 radical (unpaired) electrons. The molecule has 0 N–H and O–H groups in total. The number of pyridine rings is 1. The van der Waals surface area contributed by atoms with Crippen molar-refractivity contribution in [3.8, 4) is 0 Å². The molecule has 2 aromatic rings. The van der Waals surface area contributed by atoms with Gasteiger partial charge in [0.05, 0.1) is 6.20 Å². The first-order chi connectivity index (χ1) is 5.42. The zero-order valence-corrected chi connectivity index (χ0v) is 6.19. The van der Waals surface area contributed by atoms with Gasteiger partial charge in [0.2, 0.25) is 0 Å². The minimum Gasteiger partial charge on any atom is -0.417 e. The van der Waals surface area contributed by atoms with Gasteiger partial charge in [0, 0.05) is 17.8 Å². The van der Waals surface area contributed by atoms with E-state index in [-0.39, 0.29) is 0 Å². The van der Waals surface area contributed by atoms with Gasteiger partial charge in [-0.25, -0.2) is 0 Å². The first-order valence-electron chi connectivity index (χ1n) is 3.37. The van der Waals surface area contributed by atoms with Crippen LogP contribution in [-0.2, 0) is 0 Å². The summed E-state index contributed by atoms with van der Waals surface area (Å²) >= 11 is 0. The molecule has 0 bridgehead atoms. The summed E-state index contributed by atoms with van der Waals surface area (Å²) in [4.78, 5) is 9.04. The Hall–Kier alpha value is -1.51. The number of hydrogen-bond acceptors (Lipinski definition) is 2. The monoisotopic (exact) mass is 148 g/mol. The summed E-state index contributed by atoms with van der Waals surface area (Å²) in [5.41, 5.74) is 0.995. The van der Waals surface area contributed by atoms with Crippen molar-refractivity contribution in [2.75, 3.05) is 7.11 Å². The van der Waals surface area contributed by atoms with Crippen LogP contribution in [0.4, 0.5) is 0 Å². The van der Waals surface area contributed by atoms with Gasteiger partial charge in [-0.05, 0) is 12.1 Å². The first kappa shape index (κ1) is 6.22. The van der Waals surface area contributed by atoms with Crippen molar-refractivity contribution in [1.82, 2.24) is 9.71 Å².